The molecule has 106 valence electrons. The van der Waals surface area contributed by atoms with E-state index in [0.29, 0.717) is 13.2 Å². The number of aromatic amines is 1. The van der Waals surface area contributed by atoms with Crippen molar-refractivity contribution >= 4 is 22.5 Å². The third kappa shape index (κ3) is 2.28. The predicted octanol–water partition coefficient (Wildman–Crippen LogP) is 1.13. The summed E-state index contributed by atoms with van der Waals surface area (Å²) in [5.41, 5.74) is 1.27. The van der Waals surface area contributed by atoms with E-state index in [-0.39, 0.29) is 5.91 Å². The number of rotatable bonds is 4. The number of nitrogens with one attached hydrogen (secondary N) is 3. The van der Waals surface area contributed by atoms with Crippen molar-refractivity contribution in [3.05, 3.63) is 24.4 Å². The minimum atomic E-state index is -0.472. The second-order valence-corrected chi connectivity index (χ2v) is 5.27. The molecule has 1 atom stereocenters. The van der Waals surface area contributed by atoms with Gasteiger partial charge in [-0.05, 0) is 31.2 Å². The number of carbonyl (C=O) groups is 1. The van der Waals surface area contributed by atoms with E-state index in [0.717, 1.165) is 29.6 Å². The Morgan fingerprint density at radius 3 is 3.20 bits per heavy atom. The molecule has 1 aromatic heterocycles. The molecule has 1 aromatic carbocycles. The fourth-order valence-corrected chi connectivity index (χ4v) is 2.69. The molecule has 3 rings (SSSR count). The highest BCUT2D eigenvalue weighted by molar-refractivity contribution is 5.97. The van der Waals surface area contributed by atoms with Gasteiger partial charge in [-0.1, -0.05) is 0 Å². The summed E-state index contributed by atoms with van der Waals surface area (Å²) in [4.78, 5) is 12.5. The van der Waals surface area contributed by atoms with E-state index < -0.39 is 5.41 Å². The van der Waals surface area contributed by atoms with Crippen LogP contribution in [0.1, 0.15) is 6.42 Å². The van der Waals surface area contributed by atoms with E-state index in [9.17, 15) is 4.79 Å². The molecule has 1 unspecified atom stereocenters. The number of ether oxygens (including phenoxy) is 1. The highest BCUT2D eigenvalue weighted by atomic mass is 16.5. The number of methoxy groups -OCH3 is 1. The molecule has 1 aliphatic heterocycles. The van der Waals surface area contributed by atoms with Gasteiger partial charge in [-0.15, -0.1) is 0 Å². The first-order valence-corrected chi connectivity index (χ1v) is 6.68. The minimum Gasteiger partial charge on any atom is -0.384 e. The molecule has 1 saturated heterocycles. The highest BCUT2D eigenvalue weighted by Crippen LogP contribution is 2.28. The number of hydrogen-bond donors (Lipinski definition) is 3. The summed E-state index contributed by atoms with van der Waals surface area (Å²) in [6.45, 7) is 1.93. The summed E-state index contributed by atoms with van der Waals surface area (Å²) in [6, 6.07) is 5.70. The number of anilines is 1. The van der Waals surface area contributed by atoms with Crippen molar-refractivity contribution in [3.8, 4) is 0 Å². The van der Waals surface area contributed by atoms with E-state index in [1.807, 2.05) is 18.2 Å². The monoisotopic (exact) mass is 274 g/mol. The standard InChI is InChI=1S/C14H18N4O2/c1-20-9-14(4-5-15-8-14)13(19)17-11-2-3-12-10(6-11)7-16-18-12/h2-3,6-7,15H,4-5,8-9H2,1H3,(H,16,18)(H,17,19). The lowest BCUT2D eigenvalue weighted by atomic mass is 9.87. The summed E-state index contributed by atoms with van der Waals surface area (Å²) < 4.78 is 5.23. The van der Waals surface area contributed by atoms with Crippen LogP contribution >= 0.6 is 0 Å². The summed E-state index contributed by atoms with van der Waals surface area (Å²) in [7, 11) is 1.63. The van der Waals surface area contributed by atoms with Gasteiger partial charge in [-0.3, -0.25) is 9.89 Å². The van der Waals surface area contributed by atoms with Crippen LogP contribution in [0, 0.1) is 5.41 Å². The zero-order chi connectivity index (χ0) is 14.0. The lowest BCUT2D eigenvalue weighted by molar-refractivity contribution is -0.127. The molecule has 0 spiro atoms. The van der Waals surface area contributed by atoms with E-state index in [1.165, 1.54) is 0 Å². The van der Waals surface area contributed by atoms with Crippen molar-refractivity contribution in [3.63, 3.8) is 0 Å². The van der Waals surface area contributed by atoms with Gasteiger partial charge >= 0.3 is 0 Å². The normalized spacial score (nSPS) is 22.2. The second-order valence-electron chi connectivity index (χ2n) is 5.27. The lowest BCUT2D eigenvalue weighted by Crippen LogP contribution is -2.41. The Bertz CT molecular complexity index is 616. The number of amides is 1. The Morgan fingerprint density at radius 1 is 1.55 bits per heavy atom. The van der Waals surface area contributed by atoms with Gasteiger partial charge in [0.05, 0.1) is 23.7 Å². The third-order valence-corrected chi connectivity index (χ3v) is 3.84. The number of aromatic nitrogens is 2. The average Bonchev–Trinajstić information content (AvgIpc) is 3.08. The van der Waals surface area contributed by atoms with Crippen molar-refractivity contribution in [2.24, 2.45) is 5.41 Å². The Labute approximate surface area is 116 Å². The smallest absolute Gasteiger partial charge is 0.234 e. The van der Waals surface area contributed by atoms with Crippen LogP contribution in [-0.2, 0) is 9.53 Å². The molecule has 1 fully saturated rings. The van der Waals surface area contributed by atoms with Crippen LogP contribution in [-0.4, -0.2) is 42.9 Å². The Kier molecular flexibility index (Phi) is 3.42. The van der Waals surface area contributed by atoms with Gasteiger partial charge in [0.1, 0.15) is 0 Å². The average molecular weight is 274 g/mol. The van der Waals surface area contributed by atoms with Gasteiger partial charge < -0.3 is 15.4 Å². The van der Waals surface area contributed by atoms with Crippen LogP contribution in [0.4, 0.5) is 5.69 Å². The third-order valence-electron chi connectivity index (χ3n) is 3.84. The van der Waals surface area contributed by atoms with Gasteiger partial charge in [-0.2, -0.15) is 5.10 Å². The molecule has 1 aliphatic rings. The molecule has 2 aromatic rings. The number of nitrogens with zero attached hydrogens (tertiary/aromatic N) is 1. The molecule has 0 radical (unpaired) electrons. The van der Waals surface area contributed by atoms with Crippen LogP contribution in [0.3, 0.4) is 0 Å². The Hall–Kier alpha value is -1.92. The maximum atomic E-state index is 12.5. The van der Waals surface area contributed by atoms with Crippen molar-refractivity contribution in [2.45, 2.75) is 6.42 Å². The van der Waals surface area contributed by atoms with Gasteiger partial charge in [0.2, 0.25) is 5.91 Å². The summed E-state index contributed by atoms with van der Waals surface area (Å²) in [6.07, 6.45) is 2.54. The van der Waals surface area contributed by atoms with E-state index >= 15 is 0 Å². The first-order chi connectivity index (χ1) is 9.73. The number of fused-ring (bicyclic) bond motifs is 1. The summed E-state index contributed by atoms with van der Waals surface area (Å²) in [5.74, 6) is 0.00666. The maximum Gasteiger partial charge on any atom is 0.234 e. The second kappa shape index (κ2) is 5.22. The van der Waals surface area contributed by atoms with Crippen molar-refractivity contribution < 1.29 is 9.53 Å². The SMILES string of the molecule is COCC1(C(=O)Nc2ccc3[nH]ncc3c2)CCNC1. The molecule has 0 bridgehead atoms. The molecule has 0 saturated carbocycles. The fraction of sp³-hybridized carbons (Fsp3) is 0.429. The van der Waals surface area contributed by atoms with Crippen LogP contribution in [0.5, 0.6) is 0 Å². The zero-order valence-corrected chi connectivity index (χ0v) is 11.4. The molecule has 2 heterocycles. The minimum absolute atomic E-state index is 0.00666. The maximum absolute atomic E-state index is 12.5. The van der Waals surface area contributed by atoms with Gasteiger partial charge in [0.25, 0.3) is 0 Å². The van der Waals surface area contributed by atoms with Crippen molar-refractivity contribution in [1.82, 2.24) is 15.5 Å². The molecule has 20 heavy (non-hydrogen) atoms. The van der Waals surface area contributed by atoms with Crippen molar-refractivity contribution in [2.75, 3.05) is 32.1 Å². The van der Waals surface area contributed by atoms with Gasteiger partial charge in [0.15, 0.2) is 0 Å². The summed E-state index contributed by atoms with van der Waals surface area (Å²) >= 11 is 0. The molecular formula is C14H18N4O2. The molecule has 6 heteroatoms. The first-order valence-electron chi connectivity index (χ1n) is 6.68. The van der Waals surface area contributed by atoms with E-state index in [2.05, 4.69) is 20.8 Å². The van der Waals surface area contributed by atoms with E-state index in [4.69, 9.17) is 4.74 Å². The Balaban J connectivity index is 1.80. The van der Waals surface area contributed by atoms with Crippen LogP contribution in [0.15, 0.2) is 24.4 Å². The highest BCUT2D eigenvalue weighted by Gasteiger charge is 2.41. The quantitative estimate of drug-likeness (QED) is 0.781. The Morgan fingerprint density at radius 2 is 2.45 bits per heavy atom. The molecular weight excluding hydrogens is 256 g/mol. The van der Waals surface area contributed by atoms with Crippen LogP contribution in [0.25, 0.3) is 10.9 Å². The largest absolute Gasteiger partial charge is 0.384 e. The summed E-state index contributed by atoms with van der Waals surface area (Å²) in [5, 5.41) is 14.1. The molecule has 1 amide bonds. The fourth-order valence-electron chi connectivity index (χ4n) is 2.69. The van der Waals surface area contributed by atoms with Gasteiger partial charge in [-0.25, -0.2) is 0 Å². The predicted molar refractivity (Wildman–Crippen MR) is 76.5 cm³/mol. The number of carbonyl (C=O) groups excluding carboxylic acids is 1. The van der Waals surface area contributed by atoms with Crippen LogP contribution in [0.2, 0.25) is 0 Å². The van der Waals surface area contributed by atoms with Gasteiger partial charge in [0, 0.05) is 24.7 Å². The number of H-pyrrole nitrogens is 1. The van der Waals surface area contributed by atoms with E-state index in [1.54, 1.807) is 13.3 Å². The molecule has 3 N–H and O–H groups in total. The van der Waals surface area contributed by atoms with Crippen molar-refractivity contribution in [1.29, 1.82) is 0 Å². The molecule has 0 aliphatic carbocycles. The number of hydrogen-bond acceptors (Lipinski definition) is 4. The lowest BCUT2D eigenvalue weighted by Gasteiger charge is -2.25. The molecule has 6 nitrogen and oxygen atoms in total. The first kappa shape index (κ1) is 13.1. The number of benzene rings is 1. The topological polar surface area (TPSA) is 79.0 Å². The van der Waals surface area contributed by atoms with Crippen LogP contribution < -0.4 is 10.6 Å². The zero-order valence-electron chi connectivity index (χ0n) is 11.4.